The second-order valence-electron chi connectivity index (χ2n) is 5.98. The molecule has 0 aliphatic carbocycles. The lowest BCUT2D eigenvalue weighted by atomic mass is 10.1. The van der Waals surface area contributed by atoms with Crippen LogP contribution in [-0.2, 0) is 6.61 Å². The quantitative estimate of drug-likeness (QED) is 0.626. The maximum Gasteiger partial charge on any atom is 0.291 e. The van der Waals surface area contributed by atoms with Gasteiger partial charge in [-0.15, -0.1) is 0 Å². The summed E-state index contributed by atoms with van der Waals surface area (Å²) in [6, 6.07) is 14.5. The van der Waals surface area contributed by atoms with Gasteiger partial charge in [-0.1, -0.05) is 23.7 Å². The minimum atomic E-state index is -0.586. The number of ketones is 1. The summed E-state index contributed by atoms with van der Waals surface area (Å²) in [6.45, 7) is 1.62. The van der Waals surface area contributed by atoms with Gasteiger partial charge in [-0.25, -0.2) is 0 Å². The first-order valence-corrected chi connectivity index (χ1v) is 8.72. The largest absolute Gasteiger partial charge is 0.482 e. The molecular formula is C21H16ClNO5. The Balaban J connectivity index is 1.65. The molecule has 1 aromatic heterocycles. The first-order chi connectivity index (χ1) is 13.4. The molecular weight excluding hydrogens is 382 g/mol. The summed E-state index contributed by atoms with van der Waals surface area (Å²) in [4.78, 5) is 35.7. The third-order valence-corrected chi connectivity index (χ3v) is 4.13. The predicted molar refractivity (Wildman–Crippen MR) is 105 cm³/mol. The summed E-state index contributed by atoms with van der Waals surface area (Å²) < 4.78 is 10.7. The number of hydrogen-bond acceptors (Lipinski definition) is 5. The molecule has 142 valence electrons. The second kappa shape index (κ2) is 8.54. The van der Waals surface area contributed by atoms with Crippen molar-refractivity contribution >= 4 is 29.0 Å². The van der Waals surface area contributed by atoms with E-state index in [1.807, 2.05) is 0 Å². The minimum Gasteiger partial charge on any atom is -0.482 e. The van der Waals surface area contributed by atoms with E-state index in [4.69, 9.17) is 20.8 Å². The van der Waals surface area contributed by atoms with Gasteiger partial charge in [-0.2, -0.15) is 0 Å². The van der Waals surface area contributed by atoms with Crippen LogP contribution in [0.1, 0.15) is 33.4 Å². The Morgan fingerprint density at radius 3 is 2.36 bits per heavy atom. The van der Waals surface area contributed by atoms with Crippen molar-refractivity contribution in [2.24, 2.45) is 0 Å². The molecule has 0 atom stereocenters. The zero-order chi connectivity index (χ0) is 20.1. The Morgan fingerprint density at radius 2 is 1.75 bits per heavy atom. The molecule has 2 aromatic carbocycles. The molecule has 7 heteroatoms. The highest BCUT2D eigenvalue weighted by molar-refractivity contribution is 6.30. The van der Waals surface area contributed by atoms with Gasteiger partial charge in [0.05, 0.1) is 0 Å². The summed E-state index contributed by atoms with van der Waals surface area (Å²) in [6.07, 6.45) is 1.10. The molecule has 0 aliphatic rings. The zero-order valence-corrected chi connectivity index (χ0v) is 15.7. The van der Waals surface area contributed by atoms with Gasteiger partial charge in [0, 0.05) is 22.3 Å². The van der Waals surface area contributed by atoms with E-state index in [0.717, 1.165) is 17.9 Å². The van der Waals surface area contributed by atoms with Crippen LogP contribution in [0, 0.1) is 0 Å². The molecule has 28 heavy (non-hydrogen) atoms. The Labute approximate surface area is 165 Å². The van der Waals surface area contributed by atoms with Crippen molar-refractivity contribution in [3.05, 3.63) is 93.0 Å². The number of nitrogens with one attached hydrogen (secondary N) is 1. The van der Waals surface area contributed by atoms with Crippen LogP contribution in [0.2, 0.25) is 5.02 Å². The standard InChI is InChI=1S/C21H16ClNO5/c1-13(24)15-4-8-17(9-5-15)23-21(26)19-10-18(25)20(12-28-19)27-11-14-2-6-16(22)7-3-14/h2-10,12H,11H2,1H3,(H,23,26). The van der Waals surface area contributed by atoms with Crippen LogP contribution in [0.3, 0.4) is 0 Å². The first-order valence-electron chi connectivity index (χ1n) is 8.35. The number of Topliss-reactive ketones (excluding diaryl/α,β-unsaturated/α-hetero) is 1. The SMILES string of the molecule is CC(=O)c1ccc(NC(=O)c2cc(=O)c(OCc3ccc(Cl)cc3)co2)cc1. The van der Waals surface area contributed by atoms with Crippen LogP contribution in [0.4, 0.5) is 5.69 Å². The van der Waals surface area contributed by atoms with Crippen LogP contribution >= 0.6 is 11.6 Å². The number of anilines is 1. The summed E-state index contributed by atoms with van der Waals surface area (Å²) in [7, 11) is 0. The number of rotatable bonds is 6. The maximum absolute atomic E-state index is 12.2. The average Bonchev–Trinajstić information content (AvgIpc) is 2.68. The molecule has 0 fully saturated rings. The summed E-state index contributed by atoms with van der Waals surface area (Å²) in [5.74, 6) is -0.813. The van der Waals surface area contributed by atoms with E-state index < -0.39 is 11.3 Å². The summed E-state index contributed by atoms with van der Waals surface area (Å²) in [5.41, 5.74) is 1.37. The van der Waals surface area contributed by atoms with E-state index in [9.17, 15) is 14.4 Å². The number of carbonyl (C=O) groups excluding carboxylic acids is 2. The van der Waals surface area contributed by atoms with Crippen LogP contribution in [0.15, 0.2) is 70.1 Å². The van der Waals surface area contributed by atoms with Gasteiger partial charge in [0.1, 0.15) is 12.9 Å². The zero-order valence-electron chi connectivity index (χ0n) is 14.9. The van der Waals surface area contributed by atoms with E-state index in [1.165, 1.54) is 6.92 Å². The maximum atomic E-state index is 12.2. The number of benzene rings is 2. The van der Waals surface area contributed by atoms with Crippen molar-refractivity contribution in [2.45, 2.75) is 13.5 Å². The van der Waals surface area contributed by atoms with E-state index in [-0.39, 0.29) is 23.9 Å². The van der Waals surface area contributed by atoms with Crippen molar-refractivity contribution < 1.29 is 18.7 Å². The number of amides is 1. The van der Waals surface area contributed by atoms with E-state index in [2.05, 4.69) is 5.32 Å². The van der Waals surface area contributed by atoms with Gasteiger partial charge in [0.15, 0.2) is 11.5 Å². The molecule has 3 aromatic rings. The fourth-order valence-electron chi connectivity index (χ4n) is 2.35. The number of hydrogen-bond donors (Lipinski definition) is 1. The lowest BCUT2D eigenvalue weighted by Gasteiger charge is -2.07. The molecule has 0 saturated heterocycles. The van der Waals surface area contributed by atoms with Crippen LogP contribution in [-0.4, -0.2) is 11.7 Å². The van der Waals surface area contributed by atoms with E-state index in [0.29, 0.717) is 16.3 Å². The minimum absolute atomic E-state index is 0.00249. The van der Waals surface area contributed by atoms with Crippen molar-refractivity contribution in [3.63, 3.8) is 0 Å². The third-order valence-electron chi connectivity index (χ3n) is 3.88. The lowest BCUT2D eigenvalue weighted by Crippen LogP contribution is -2.15. The molecule has 0 aliphatic heterocycles. The molecule has 0 radical (unpaired) electrons. The highest BCUT2D eigenvalue weighted by atomic mass is 35.5. The molecule has 1 N–H and O–H groups in total. The topological polar surface area (TPSA) is 85.6 Å². The first kappa shape index (κ1) is 19.4. The Bertz CT molecular complexity index is 1060. The summed E-state index contributed by atoms with van der Waals surface area (Å²) >= 11 is 5.82. The monoisotopic (exact) mass is 397 g/mol. The fraction of sp³-hybridized carbons (Fsp3) is 0.0952. The molecule has 0 bridgehead atoms. The van der Waals surface area contributed by atoms with Crippen LogP contribution < -0.4 is 15.5 Å². The molecule has 3 rings (SSSR count). The van der Waals surface area contributed by atoms with Crippen molar-refractivity contribution in [1.82, 2.24) is 0 Å². The van der Waals surface area contributed by atoms with Gasteiger partial charge < -0.3 is 14.5 Å². The molecule has 0 spiro atoms. The van der Waals surface area contributed by atoms with Crippen molar-refractivity contribution in [1.29, 1.82) is 0 Å². The van der Waals surface area contributed by atoms with Crippen molar-refractivity contribution in [3.8, 4) is 5.75 Å². The van der Waals surface area contributed by atoms with Crippen LogP contribution in [0.25, 0.3) is 0 Å². The molecule has 0 saturated carbocycles. The van der Waals surface area contributed by atoms with Gasteiger partial charge >= 0.3 is 0 Å². The fourth-order valence-corrected chi connectivity index (χ4v) is 2.47. The van der Waals surface area contributed by atoms with Gasteiger partial charge in [0.25, 0.3) is 5.91 Å². The second-order valence-corrected chi connectivity index (χ2v) is 6.41. The molecule has 0 unspecified atom stereocenters. The molecule has 1 heterocycles. The molecule has 6 nitrogen and oxygen atoms in total. The van der Waals surface area contributed by atoms with Gasteiger partial charge in [-0.3, -0.25) is 14.4 Å². The Kier molecular flexibility index (Phi) is 5.91. The van der Waals surface area contributed by atoms with Crippen molar-refractivity contribution in [2.75, 3.05) is 5.32 Å². The van der Waals surface area contributed by atoms with Crippen LogP contribution in [0.5, 0.6) is 5.75 Å². The highest BCUT2D eigenvalue weighted by Crippen LogP contribution is 2.14. The van der Waals surface area contributed by atoms with E-state index >= 15 is 0 Å². The number of carbonyl (C=O) groups is 2. The Morgan fingerprint density at radius 1 is 1.07 bits per heavy atom. The lowest BCUT2D eigenvalue weighted by molar-refractivity contribution is 0.0991. The smallest absolute Gasteiger partial charge is 0.291 e. The van der Waals surface area contributed by atoms with E-state index in [1.54, 1.807) is 48.5 Å². The Hall–Kier alpha value is -3.38. The number of halogens is 1. The predicted octanol–water partition coefficient (Wildman–Crippen LogP) is 4.33. The van der Waals surface area contributed by atoms with Gasteiger partial charge in [-0.05, 0) is 48.9 Å². The third kappa shape index (κ3) is 4.86. The molecule has 1 amide bonds. The highest BCUT2D eigenvalue weighted by Gasteiger charge is 2.13. The number of ether oxygens (including phenoxy) is 1. The average molecular weight is 398 g/mol. The van der Waals surface area contributed by atoms with Gasteiger partial charge in [0.2, 0.25) is 11.2 Å². The normalized spacial score (nSPS) is 10.4. The summed E-state index contributed by atoms with van der Waals surface area (Å²) in [5, 5.41) is 3.20.